The number of anilines is 1. The molecule has 6 heteroatoms. The number of carbonyl (C=O) groups is 1. The van der Waals surface area contributed by atoms with E-state index in [9.17, 15) is 4.79 Å². The Morgan fingerprint density at radius 1 is 1.45 bits per heavy atom. The lowest BCUT2D eigenvalue weighted by Gasteiger charge is -2.32. The van der Waals surface area contributed by atoms with Gasteiger partial charge >= 0.3 is 5.97 Å². The number of esters is 1. The minimum atomic E-state index is -0.325. The van der Waals surface area contributed by atoms with Gasteiger partial charge in [0.1, 0.15) is 11.6 Å². The molecular weight excluding hydrogens is 280 g/mol. The lowest BCUT2D eigenvalue weighted by Crippen LogP contribution is -2.35. The maximum Gasteiger partial charge on any atom is 0.339 e. The van der Waals surface area contributed by atoms with E-state index in [1.807, 2.05) is 12.3 Å². The van der Waals surface area contributed by atoms with Gasteiger partial charge in [-0.3, -0.25) is 0 Å². The molecule has 6 nitrogen and oxygen atoms in total. The van der Waals surface area contributed by atoms with Crippen molar-refractivity contribution < 1.29 is 9.53 Å². The number of aromatic amines is 1. The summed E-state index contributed by atoms with van der Waals surface area (Å²) in [5, 5.41) is 0. The SMILES string of the molecule is CCOC(=O)c1ccc(N2CCCC(c3ncc[nH]3)C2)nc1. The molecule has 22 heavy (non-hydrogen) atoms. The van der Waals surface area contributed by atoms with Crippen molar-refractivity contribution in [3.8, 4) is 0 Å². The molecule has 1 aliphatic heterocycles. The summed E-state index contributed by atoms with van der Waals surface area (Å²) in [5.74, 6) is 2.00. The van der Waals surface area contributed by atoms with Crippen LogP contribution in [0.25, 0.3) is 0 Å². The number of pyridine rings is 1. The Hall–Kier alpha value is -2.37. The van der Waals surface area contributed by atoms with Gasteiger partial charge < -0.3 is 14.6 Å². The normalized spacial score (nSPS) is 18.2. The van der Waals surface area contributed by atoms with Crippen LogP contribution in [0, 0.1) is 0 Å². The van der Waals surface area contributed by atoms with Gasteiger partial charge in [-0.25, -0.2) is 14.8 Å². The van der Waals surface area contributed by atoms with Gasteiger partial charge in [0.15, 0.2) is 0 Å². The van der Waals surface area contributed by atoms with E-state index in [4.69, 9.17) is 4.74 Å². The number of imidazole rings is 1. The molecule has 116 valence electrons. The summed E-state index contributed by atoms with van der Waals surface area (Å²) < 4.78 is 4.97. The Balaban J connectivity index is 1.69. The second kappa shape index (κ2) is 6.60. The average molecular weight is 300 g/mol. The third kappa shape index (κ3) is 3.10. The Morgan fingerprint density at radius 3 is 3.05 bits per heavy atom. The second-order valence-corrected chi connectivity index (χ2v) is 5.39. The van der Waals surface area contributed by atoms with Crippen molar-refractivity contribution in [2.75, 3.05) is 24.6 Å². The molecule has 2 aromatic heterocycles. The van der Waals surface area contributed by atoms with E-state index in [0.29, 0.717) is 18.1 Å². The average Bonchev–Trinajstić information content (AvgIpc) is 3.10. The fourth-order valence-electron chi connectivity index (χ4n) is 2.82. The maximum atomic E-state index is 11.7. The summed E-state index contributed by atoms with van der Waals surface area (Å²) in [6.45, 7) is 4.03. The number of H-pyrrole nitrogens is 1. The number of carbonyl (C=O) groups excluding carboxylic acids is 1. The molecule has 3 heterocycles. The molecule has 1 unspecified atom stereocenters. The van der Waals surface area contributed by atoms with Crippen LogP contribution in [0.2, 0.25) is 0 Å². The largest absolute Gasteiger partial charge is 0.462 e. The topological polar surface area (TPSA) is 71.1 Å². The highest BCUT2D eigenvalue weighted by molar-refractivity contribution is 5.89. The quantitative estimate of drug-likeness (QED) is 0.878. The van der Waals surface area contributed by atoms with Crippen molar-refractivity contribution in [2.24, 2.45) is 0 Å². The summed E-state index contributed by atoms with van der Waals surface area (Å²) in [6, 6.07) is 3.66. The third-order valence-corrected chi connectivity index (χ3v) is 3.91. The van der Waals surface area contributed by atoms with E-state index in [1.165, 1.54) is 0 Å². The molecule has 0 amide bonds. The summed E-state index contributed by atoms with van der Waals surface area (Å²) in [4.78, 5) is 25.9. The molecule has 3 rings (SSSR count). The second-order valence-electron chi connectivity index (χ2n) is 5.39. The zero-order chi connectivity index (χ0) is 15.4. The fourth-order valence-corrected chi connectivity index (χ4v) is 2.82. The van der Waals surface area contributed by atoms with E-state index in [0.717, 1.165) is 37.6 Å². The van der Waals surface area contributed by atoms with Gasteiger partial charge in [-0.1, -0.05) is 0 Å². The first-order valence-corrected chi connectivity index (χ1v) is 7.65. The number of aromatic nitrogens is 3. The minimum absolute atomic E-state index is 0.325. The summed E-state index contributed by atoms with van der Waals surface area (Å²) in [7, 11) is 0. The molecule has 0 aliphatic carbocycles. The number of hydrogen-bond acceptors (Lipinski definition) is 5. The van der Waals surface area contributed by atoms with E-state index in [-0.39, 0.29) is 5.97 Å². The van der Waals surface area contributed by atoms with Crippen molar-refractivity contribution in [2.45, 2.75) is 25.7 Å². The van der Waals surface area contributed by atoms with E-state index in [1.54, 1.807) is 25.4 Å². The Morgan fingerprint density at radius 2 is 2.36 bits per heavy atom. The van der Waals surface area contributed by atoms with Crippen LogP contribution < -0.4 is 4.90 Å². The van der Waals surface area contributed by atoms with Gasteiger partial charge in [0.2, 0.25) is 0 Å². The van der Waals surface area contributed by atoms with Gasteiger partial charge in [0, 0.05) is 37.6 Å². The van der Waals surface area contributed by atoms with Crippen LogP contribution in [0.15, 0.2) is 30.7 Å². The van der Waals surface area contributed by atoms with Crippen LogP contribution in [0.3, 0.4) is 0 Å². The molecule has 0 spiro atoms. The number of piperidine rings is 1. The van der Waals surface area contributed by atoms with Crippen LogP contribution in [0.4, 0.5) is 5.82 Å². The molecule has 1 atom stereocenters. The molecule has 1 fully saturated rings. The van der Waals surface area contributed by atoms with E-state index < -0.39 is 0 Å². The smallest absolute Gasteiger partial charge is 0.339 e. The van der Waals surface area contributed by atoms with Crippen molar-refractivity contribution in [3.05, 3.63) is 42.1 Å². The van der Waals surface area contributed by atoms with Crippen molar-refractivity contribution >= 4 is 11.8 Å². The van der Waals surface area contributed by atoms with Crippen molar-refractivity contribution in [1.82, 2.24) is 15.0 Å². The highest BCUT2D eigenvalue weighted by Crippen LogP contribution is 2.27. The van der Waals surface area contributed by atoms with Crippen LogP contribution in [-0.4, -0.2) is 40.6 Å². The highest BCUT2D eigenvalue weighted by Gasteiger charge is 2.24. The van der Waals surface area contributed by atoms with E-state index >= 15 is 0 Å². The summed E-state index contributed by atoms with van der Waals surface area (Å²) >= 11 is 0. The van der Waals surface area contributed by atoms with Crippen molar-refractivity contribution in [3.63, 3.8) is 0 Å². The molecular formula is C16H20N4O2. The van der Waals surface area contributed by atoms with E-state index in [2.05, 4.69) is 19.9 Å². The molecule has 2 aromatic rings. The molecule has 0 aromatic carbocycles. The third-order valence-electron chi connectivity index (χ3n) is 3.91. The van der Waals surface area contributed by atoms with Gasteiger partial charge in [-0.05, 0) is 31.9 Å². The molecule has 0 radical (unpaired) electrons. The fraction of sp³-hybridized carbons (Fsp3) is 0.438. The molecule has 1 N–H and O–H groups in total. The first-order chi connectivity index (χ1) is 10.8. The summed E-state index contributed by atoms with van der Waals surface area (Å²) in [5.41, 5.74) is 0.491. The van der Waals surface area contributed by atoms with Gasteiger partial charge in [-0.15, -0.1) is 0 Å². The molecule has 1 saturated heterocycles. The molecule has 0 bridgehead atoms. The van der Waals surface area contributed by atoms with Crippen LogP contribution in [0.1, 0.15) is 41.9 Å². The van der Waals surface area contributed by atoms with Gasteiger partial charge in [-0.2, -0.15) is 0 Å². The number of hydrogen-bond donors (Lipinski definition) is 1. The number of ether oxygens (including phenoxy) is 1. The lowest BCUT2D eigenvalue weighted by molar-refractivity contribution is 0.0526. The Kier molecular flexibility index (Phi) is 4.37. The van der Waals surface area contributed by atoms with Crippen molar-refractivity contribution in [1.29, 1.82) is 0 Å². The number of nitrogens with zero attached hydrogens (tertiary/aromatic N) is 3. The van der Waals surface area contributed by atoms with Crippen LogP contribution in [0.5, 0.6) is 0 Å². The van der Waals surface area contributed by atoms with Gasteiger partial charge in [0.05, 0.1) is 12.2 Å². The predicted octanol–water partition coefficient (Wildman–Crippen LogP) is 2.37. The predicted molar refractivity (Wildman–Crippen MR) is 83.0 cm³/mol. The first-order valence-electron chi connectivity index (χ1n) is 7.65. The zero-order valence-corrected chi connectivity index (χ0v) is 12.7. The van der Waals surface area contributed by atoms with Crippen LogP contribution in [-0.2, 0) is 4.74 Å². The lowest BCUT2D eigenvalue weighted by atomic mass is 9.97. The van der Waals surface area contributed by atoms with Crippen LogP contribution >= 0.6 is 0 Å². The number of nitrogens with one attached hydrogen (secondary N) is 1. The van der Waals surface area contributed by atoms with Gasteiger partial charge in [0.25, 0.3) is 0 Å². The molecule has 0 saturated carbocycles. The number of rotatable bonds is 4. The highest BCUT2D eigenvalue weighted by atomic mass is 16.5. The first kappa shape index (κ1) is 14.6. The standard InChI is InChI=1S/C16H20N4O2/c1-2-22-16(21)12-5-6-14(19-10-12)20-9-3-4-13(11-20)15-17-7-8-18-15/h5-8,10,13H,2-4,9,11H2,1H3,(H,17,18). The Labute approximate surface area is 129 Å². The zero-order valence-electron chi connectivity index (χ0n) is 12.7. The minimum Gasteiger partial charge on any atom is -0.462 e. The maximum absolute atomic E-state index is 11.7. The molecule has 1 aliphatic rings. The monoisotopic (exact) mass is 300 g/mol. The Bertz CT molecular complexity index is 610. The summed E-state index contributed by atoms with van der Waals surface area (Å²) in [6.07, 6.45) is 7.47.